The summed E-state index contributed by atoms with van der Waals surface area (Å²) in [5, 5.41) is 5.60. The molecule has 0 aliphatic heterocycles. The van der Waals surface area contributed by atoms with Gasteiger partial charge in [0.15, 0.2) is 0 Å². The molecule has 0 aliphatic rings. The predicted molar refractivity (Wildman–Crippen MR) is 131 cm³/mol. The standard InChI is InChI=1S/C24H39N3O4S/c1-22(2,3)26-19(28)18(16-13-11-10-12-14-16)27(23(4,5)6)20(29)17(15-32)25-21(30)31-24(7,8)9/h10-14,17-18,32H,15H2,1-9H3,(H,25,30)(H,26,28). The van der Waals surface area contributed by atoms with Gasteiger partial charge < -0.3 is 20.3 Å². The summed E-state index contributed by atoms with van der Waals surface area (Å²) in [4.78, 5) is 41.0. The molecule has 2 unspecified atom stereocenters. The first-order valence-electron chi connectivity index (χ1n) is 10.8. The maximum absolute atomic E-state index is 13.7. The van der Waals surface area contributed by atoms with Crippen molar-refractivity contribution < 1.29 is 19.1 Å². The van der Waals surface area contributed by atoms with Crippen LogP contribution in [-0.4, -0.2) is 51.3 Å². The Bertz CT molecular complexity index is 792. The van der Waals surface area contributed by atoms with Crippen molar-refractivity contribution in [1.82, 2.24) is 15.5 Å². The number of hydrogen-bond acceptors (Lipinski definition) is 5. The predicted octanol–water partition coefficient (Wildman–Crippen LogP) is 4.09. The van der Waals surface area contributed by atoms with Crippen LogP contribution in [0.5, 0.6) is 0 Å². The second-order valence-electron chi connectivity index (χ2n) is 10.8. The average molecular weight is 466 g/mol. The van der Waals surface area contributed by atoms with E-state index in [1.54, 1.807) is 20.8 Å². The molecule has 0 saturated carbocycles. The van der Waals surface area contributed by atoms with Gasteiger partial charge in [0.2, 0.25) is 11.8 Å². The summed E-state index contributed by atoms with van der Waals surface area (Å²) in [6.45, 7) is 16.5. The number of hydrogen-bond donors (Lipinski definition) is 3. The lowest BCUT2D eigenvalue weighted by Crippen LogP contribution is -2.60. The number of nitrogens with one attached hydrogen (secondary N) is 2. The number of alkyl carbamates (subject to hydrolysis) is 1. The van der Waals surface area contributed by atoms with E-state index in [4.69, 9.17) is 4.74 Å². The van der Waals surface area contributed by atoms with E-state index in [1.165, 1.54) is 4.90 Å². The van der Waals surface area contributed by atoms with E-state index in [0.717, 1.165) is 0 Å². The van der Waals surface area contributed by atoms with Gasteiger partial charge in [-0.2, -0.15) is 12.6 Å². The van der Waals surface area contributed by atoms with Crippen molar-refractivity contribution >= 4 is 30.5 Å². The molecule has 0 saturated heterocycles. The van der Waals surface area contributed by atoms with Crippen molar-refractivity contribution in [2.24, 2.45) is 0 Å². The Morgan fingerprint density at radius 1 is 0.969 bits per heavy atom. The number of carbonyl (C=O) groups is 3. The lowest BCUT2D eigenvalue weighted by Gasteiger charge is -2.43. The van der Waals surface area contributed by atoms with Gasteiger partial charge in [0.1, 0.15) is 17.7 Å². The van der Waals surface area contributed by atoms with E-state index in [1.807, 2.05) is 71.9 Å². The zero-order valence-corrected chi connectivity index (χ0v) is 21.7. The summed E-state index contributed by atoms with van der Waals surface area (Å²) >= 11 is 4.29. The Labute approximate surface area is 198 Å². The van der Waals surface area contributed by atoms with Crippen molar-refractivity contribution in [2.75, 3.05) is 5.75 Å². The minimum atomic E-state index is -0.971. The summed E-state index contributed by atoms with van der Waals surface area (Å²) in [7, 11) is 0. The monoisotopic (exact) mass is 465 g/mol. The third kappa shape index (κ3) is 8.73. The third-order valence-corrected chi connectivity index (χ3v) is 4.62. The molecule has 32 heavy (non-hydrogen) atoms. The molecular weight excluding hydrogens is 426 g/mol. The number of benzene rings is 1. The van der Waals surface area contributed by atoms with Crippen LogP contribution in [0, 0.1) is 0 Å². The highest BCUT2D eigenvalue weighted by molar-refractivity contribution is 7.80. The smallest absolute Gasteiger partial charge is 0.408 e. The van der Waals surface area contributed by atoms with Crippen LogP contribution in [0.15, 0.2) is 30.3 Å². The Hall–Kier alpha value is -2.22. The number of ether oxygens (including phenoxy) is 1. The first kappa shape index (κ1) is 27.8. The molecule has 2 N–H and O–H groups in total. The van der Waals surface area contributed by atoms with Crippen LogP contribution < -0.4 is 10.6 Å². The van der Waals surface area contributed by atoms with Gasteiger partial charge in [-0.15, -0.1) is 0 Å². The Morgan fingerprint density at radius 3 is 1.91 bits per heavy atom. The minimum Gasteiger partial charge on any atom is -0.444 e. The number of thiol groups is 1. The van der Waals surface area contributed by atoms with Gasteiger partial charge in [0, 0.05) is 16.8 Å². The van der Waals surface area contributed by atoms with E-state index in [2.05, 4.69) is 23.3 Å². The molecule has 180 valence electrons. The Kier molecular flexibility index (Phi) is 9.21. The summed E-state index contributed by atoms with van der Waals surface area (Å²) in [5.74, 6) is -0.675. The van der Waals surface area contributed by atoms with E-state index >= 15 is 0 Å². The minimum absolute atomic E-state index is 0.0487. The van der Waals surface area contributed by atoms with E-state index in [9.17, 15) is 14.4 Å². The summed E-state index contributed by atoms with van der Waals surface area (Å²) in [5.41, 5.74) is -1.26. The topological polar surface area (TPSA) is 87.7 Å². The number of nitrogens with zero attached hydrogens (tertiary/aromatic N) is 1. The van der Waals surface area contributed by atoms with Crippen LogP contribution in [-0.2, 0) is 14.3 Å². The lowest BCUT2D eigenvalue weighted by atomic mass is 9.95. The largest absolute Gasteiger partial charge is 0.444 e. The molecule has 0 bridgehead atoms. The molecule has 1 aromatic carbocycles. The Balaban J connectivity index is 3.42. The van der Waals surface area contributed by atoms with Crippen molar-refractivity contribution in [3.8, 4) is 0 Å². The maximum atomic E-state index is 13.7. The van der Waals surface area contributed by atoms with Crippen LogP contribution in [0.3, 0.4) is 0 Å². The van der Waals surface area contributed by atoms with Gasteiger partial charge >= 0.3 is 6.09 Å². The van der Waals surface area contributed by atoms with Crippen LogP contribution in [0.2, 0.25) is 0 Å². The van der Waals surface area contributed by atoms with Gasteiger partial charge in [-0.25, -0.2) is 4.79 Å². The summed E-state index contributed by atoms with van der Waals surface area (Å²) in [6, 6.07) is 7.27. The molecule has 7 nitrogen and oxygen atoms in total. The number of carbonyl (C=O) groups excluding carboxylic acids is 3. The quantitative estimate of drug-likeness (QED) is 0.552. The van der Waals surface area contributed by atoms with Gasteiger partial charge in [-0.3, -0.25) is 9.59 Å². The molecule has 1 aromatic rings. The van der Waals surface area contributed by atoms with E-state index in [-0.39, 0.29) is 11.7 Å². The van der Waals surface area contributed by atoms with Crippen LogP contribution in [0.1, 0.15) is 73.9 Å². The Morgan fingerprint density at radius 2 is 1.50 bits per heavy atom. The molecule has 0 spiro atoms. The van der Waals surface area contributed by atoms with Crippen LogP contribution >= 0.6 is 12.6 Å². The SMILES string of the molecule is CC(C)(C)NC(=O)C(c1ccccc1)N(C(=O)C(CS)NC(=O)OC(C)(C)C)C(C)(C)C. The van der Waals surface area contributed by atoms with E-state index < -0.39 is 40.8 Å². The summed E-state index contributed by atoms with van der Waals surface area (Å²) < 4.78 is 5.31. The first-order chi connectivity index (χ1) is 14.5. The second-order valence-corrected chi connectivity index (χ2v) is 11.2. The first-order valence-corrected chi connectivity index (χ1v) is 11.4. The van der Waals surface area contributed by atoms with Crippen molar-refractivity contribution in [2.45, 2.75) is 91.1 Å². The normalized spacial score (nSPS) is 14.2. The number of rotatable bonds is 6. The van der Waals surface area contributed by atoms with Gasteiger partial charge in [0.25, 0.3) is 0 Å². The molecule has 0 aliphatic carbocycles. The molecule has 0 fully saturated rings. The molecule has 0 heterocycles. The fourth-order valence-corrected chi connectivity index (χ4v) is 3.39. The van der Waals surface area contributed by atoms with E-state index in [0.29, 0.717) is 5.56 Å². The molecule has 0 radical (unpaired) electrons. The summed E-state index contributed by atoms with van der Waals surface area (Å²) in [6.07, 6.45) is -0.714. The maximum Gasteiger partial charge on any atom is 0.408 e. The lowest BCUT2D eigenvalue weighted by molar-refractivity contribution is -0.148. The molecule has 0 aromatic heterocycles. The van der Waals surface area contributed by atoms with Crippen LogP contribution in [0.4, 0.5) is 4.79 Å². The molecular formula is C24H39N3O4S. The zero-order valence-electron chi connectivity index (χ0n) is 20.8. The van der Waals surface area contributed by atoms with Gasteiger partial charge in [0.05, 0.1) is 0 Å². The van der Waals surface area contributed by atoms with Crippen molar-refractivity contribution in [3.05, 3.63) is 35.9 Å². The molecule has 3 amide bonds. The highest BCUT2D eigenvalue weighted by Gasteiger charge is 2.42. The average Bonchev–Trinajstić information content (AvgIpc) is 2.60. The fourth-order valence-electron chi connectivity index (χ4n) is 3.14. The van der Waals surface area contributed by atoms with Crippen molar-refractivity contribution in [3.63, 3.8) is 0 Å². The number of amides is 3. The molecule has 1 rings (SSSR count). The fraction of sp³-hybridized carbons (Fsp3) is 0.625. The highest BCUT2D eigenvalue weighted by atomic mass is 32.1. The molecule has 2 atom stereocenters. The second kappa shape index (κ2) is 10.6. The third-order valence-electron chi connectivity index (χ3n) is 4.25. The van der Waals surface area contributed by atoms with Gasteiger partial charge in [-0.05, 0) is 67.9 Å². The zero-order chi connectivity index (χ0) is 24.9. The highest BCUT2D eigenvalue weighted by Crippen LogP contribution is 2.30. The van der Waals surface area contributed by atoms with Crippen LogP contribution in [0.25, 0.3) is 0 Å². The van der Waals surface area contributed by atoms with Gasteiger partial charge in [-0.1, -0.05) is 30.3 Å². The molecule has 8 heteroatoms. The van der Waals surface area contributed by atoms with Crippen molar-refractivity contribution in [1.29, 1.82) is 0 Å².